The van der Waals surface area contributed by atoms with Crippen LogP contribution in [0, 0.1) is 35.5 Å². The van der Waals surface area contributed by atoms with E-state index in [1.807, 2.05) is 12.1 Å². The maximum absolute atomic E-state index is 5.71. The molecule has 1 nitrogen and oxygen atoms in total. The van der Waals surface area contributed by atoms with Gasteiger partial charge in [0.15, 0.2) is 0 Å². The predicted octanol–water partition coefficient (Wildman–Crippen LogP) is 8.58. The lowest BCUT2D eigenvalue weighted by Crippen LogP contribution is -2.17. The Morgan fingerprint density at radius 2 is 1.45 bits per heavy atom. The molecule has 31 heavy (non-hydrogen) atoms. The first-order chi connectivity index (χ1) is 15.3. The maximum Gasteiger partial charge on any atom is 0.119 e. The lowest BCUT2D eigenvalue weighted by molar-refractivity contribution is 0.224. The quantitative estimate of drug-likeness (QED) is 0.287. The van der Waals surface area contributed by atoms with Gasteiger partial charge in [0.1, 0.15) is 5.75 Å². The minimum absolute atomic E-state index is 0.736. The molecule has 0 amide bonds. The number of unbranched alkanes of at least 4 members (excludes halogenated alkanes) is 1. The molecule has 170 valence electrons. The maximum atomic E-state index is 5.71. The molecule has 0 aliphatic heterocycles. The molecule has 3 rings (SSSR count). The van der Waals surface area contributed by atoms with Crippen molar-refractivity contribution in [3.63, 3.8) is 0 Å². The van der Waals surface area contributed by atoms with Gasteiger partial charge in [0.2, 0.25) is 0 Å². The molecule has 0 unspecified atom stereocenters. The Kier molecular flexibility index (Phi) is 10.6. The van der Waals surface area contributed by atoms with Crippen LogP contribution in [0.3, 0.4) is 0 Å². The standard InChI is InChI=1S/C30H44O/c1-3-5-24-31-30-22-20-27(21-23-30)9-7-6-8-26-14-16-29(17-15-26)19-18-28-12-10-25(4-2)11-13-28/h6,8,20-23,25-26,28-29H,3-5,10-19,24H2,1-2H3/b8-6+. The van der Waals surface area contributed by atoms with Gasteiger partial charge in [-0.05, 0) is 86.1 Å². The molecule has 2 fully saturated rings. The van der Waals surface area contributed by atoms with Crippen molar-refractivity contribution in [3.8, 4) is 17.6 Å². The van der Waals surface area contributed by atoms with Gasteiger partial charge in [0, 0.05) is 5.56 Å². The lowest BCUT2D eigenvalue weighted by atomic mass is 9.75. The highest BCUT2D eigenvalue weighted by Crippen LogP contribution is 2.37. The van der Waals surface area contributed by atoms with Gasteiger partial charge >= 0.3 is 0 Å². The van der Waals surface area contributed by atoms with Gasteiger partial charge in [-0.25, -0.2) is 0 Å². The van der Waals surface area contributed by atoms with Gasteiger partial charge < -0.3 is 4.74 Å². The molecule has 0 radical (unpaired) electrons. The largest absolute Gasteiger partial charge is 0.494 e. The minimum Gasteiger partial charge on any atom is -0.494 e. The van der Waals surface area contributed by atoms with Crippen molar-refractivity contribution in [3.05, 3.63) is 42.0 Å². The van der Waals surface area contributed by atoms with Gasteiger partial charge in [0.05, 0.1) is 6.61 Å². The summed E-state index contributed by atoms with van der Waals surface area (Å²) in [5.74, 6) is 11.2. The van der Waals surface area contributed by atoms with Crippen LogP contribution in [0.1, 0.15) is 103 Å². The van der Waals surface area contributed by atoms with Crippen molar-refractivity contribution in [2.45, 2.75) is 97.3 Å². The van der Waals surface area contributed by atoms with Crippen LogP contribution in [0.4, 0.5) is 0 Å². The van der Waals surface area contributed by atoms with Crippen LogP contribution < -0.4 is 4.74 Å². The highest BCUT2D eigenvalue weighted by Gasteiger charge is 2.23. The van der Waals surface area contributed by atoms with Crippen molar-refractivity contribution in [1.82, 2.24) is 0 Å². The smallest absolute Gasteiger partial charge is 0.119 e. The van der Waals surface area contributed by atoms with Crippen molar-refractivity contribution in [2.75, 3.05) is 6.61 Å². The summed E-state index contributed by atoms with van der Waals surface area (Å²) in [7, 11) is 0. The van der Waals surface area contributed by atoms with Crippen molar-refractivity contribution in [2.24, 2.45) is 23.7 Å². The molecule has 0 aromatic heterocycles. The van der Waals surface area contributed by atoms with E-state index in [0.29, 0.717) is 0 Å². The molecule has 2 aliphatic rings. The lowest BCUT2D eigenvalue weighted by Gasteiger charge is -2.31. The van der Waals surface area contributed by atoms with Crippen LogP contribution in [0.15, 0.2) is 36.4 Å². The first-order valence-electron chi connectivity index (χ1n) is 13.2. The number of allylic oxidation sites excluding steroid dienone is 2. The Hall–Kier alpha value is -1.68. The van der Waals surface area contributed by atoms with Gasteiger partial charge in [-0.1, -0.05) is 83.1 Å². The molecule has 0 N–H and O–H groups in total. The highest BCUT2D eigenvalue weighted by molar-refractivity contribution is 5.40. The zero-order chi connectivity index (χ0) is 21.7. The molecule has 1 aromatic rings. The number of benzene rings is 1. The zero-order valence-corrected chi connectivity index (χ0v) is 20.1. The molecule has 0 atom stereocenters. The van der Waals surface area contributed by atoms with E-state index in [4.69, 9.17) is 4.74 Å². The second-order valence-electron chi connectivity index (χ2n) is 10.0. The van der Waals surface area contributed by atoms with E-state index >= 15 is 0 Å². The Labute approximate surface area is 192 Å². The Balaban J connectivity index is 1.31. The van der Waals surface area contributed by atoms with Crippen molar-refractivity contribution < 1.29 is 4.74 Å². The third kappa shape index (κ3) is 8.76. The molecule has 0 saturated heterocycles. The Morgan fingerprint density at radius 1 is 0.839 bits per heavy atom. The van der Waals surface area contributed by atoms with E-state index in [-0.39, 0.29) is 0 Å². The van der Waals surface area contributed by atoms with Crippen LogP contribution >= 0.6 is 0 Å². The molecular formula is C30H44O. The average Bonchev–Trinajstić information content (AvgIpc) is 2.82. The van der Waals surface area contributed by atoms with Crippen LogP contribution in [-0.2, 0) is 0 Å². The summed E-state index contributed by atoms with van der Waals surface area (Å²) in [6.07, 6.45) is 22.6. The summed E-state index contributed by atoms with van der Waals surface area (Å²) < 4.78 is 5.71. The van der Waals surface area contributed by atoms with E-state index in [2.05, 4.69) is 50.0 Å². The minimum atomic E-state index is 0.736. The van der Waals surface area contributed by atoms with Gasteiger partial charge in [-0.15, -0.1) is 0 Å². The molecule has 0 bridgehead atoms. The highest BCUT2D eigenvalue weighted by atomic mass is 16.5. The monoisotopic (exact) mass is 420 g/mol. The Morgan fingerprint density at radius 3 is 2.06 bits per heavy atom. The van der Waals surface area contributed by atoms with E-state index in [9.17, 15) is 0 Å². The first kappa shape index (κ1) is 24.0. The van der Waals surface area contributed by atoms with Gasteiger partial charge in [-0.2, -0.15) is 0 Å². The summed E-state index contributed by atoms with van der Waals surface area (Å²) in [5.41, 5.74) is 1.06. The summed E-state index contributed by atoms with van der Waals surface area (Å²) in [6.45, 7) is 5.35. The summed E-state index contributed by atoms with van der Waals surface area (Å²) in [6, 6.07) is 8.17. The van der Waals surface area contributed by atoms with E-state index < -0.39 is 0 Å². The SMILES string of the molecule is CCCCOc1ccc(C#C/C=C/C2CCC(CCC3CCC(CC)CC3)CC2)cc1. The van der Waals surface area contributed by atoms with Gasteiger partial charge in [-0.3, -0.25) is 0 Å². The van der Waals surface area contributed by atoms with Crippen molar-refractivity contribution >= 4 is 0 Å². The van der Waals surface area contributed by atoms with Crippen LogP contribution in [0.25, 0.3) is 0 Å². The Bertz CT molecular complexity index is 688. The summed E-state index contributed by atoms with van der Waals surface area (Å²) in [5, 5.41) is 0. The normalized spacial score (nSPS) is 26.4. The molecule has 1 heteroatoms. The third-order valence-corrected chi connectivity index (χ3v) is 7.71. The van der Waals surface area contributed by atoms with E-state index in [1.165, 1.54) is 70.6 Å². The third-order valence-electron chi connectivity index (χ3n) is 7.71. The van der Waals surface area contributed by atoms with Crippen LogP contribution in [-0.4, -0.2) is 6.61 Å². The fourth-order valence-corrected chi connectivity index (χ4v) is 5.35. The molecular weight excluding hydrogens is 376 g/mol. The van der Waals surface area contributed by atoms with Crippen molar-refractivity contribution in [1.29, 1.82) is 0 Å². The van der Waals surface area contributed by atoms with E-state index in [0.717, 1.165) is 54.4 Å². The average molecular weight is 421 g/mol. The molecule has 0 spiro atoms. The molecule has 0 heterocycles. The van der Waals surface area contributed by atoms with Gasteiger partial charge in [0.25, 0.3) is 0 Å². The summed E-state index contributed by atoms with van der Waals surface area (Å²) in [4.78, 5) is 0. The fourth-order valence-electron chi connectivity index (χ4n) is 5.35. The molecule has 2 saturated carbocycles. The zero-order valence-electron chi connectivity index (χ0n) is 20.1. The second kappa shape index (κ2) is 13.7. The van der Waals surface area contributed by atoms with Crippen LogP contribution in [0.5, 0.6) is 5.75 Å². The first-order valence-corrected chi connectivity index (χ1v) is 13.2. The molecule has 1 aromatic carbocycles. The fraction of sp³-hybridized carbons (Fsp3) is 0.667. The number of ether oxygens (including phenoxy) is 1. The number of rotatable bonds is 9. The van der Waals surface area contributed by atoms with E-state index in [1.54, 1.807) is 0 Å². The molecule has 2 aliphatic carbocycles. The van der Waals surface area contributed by atoms with Crippen LogP contribution in [0.2, 0.25) is 0 Å². The topological polar surface area (TPSA) is 9.23 Å². The predicted molar refractivity (Wildman–Crippen MR) is 133 cm³/mol. The number of hydrogen-bond donors (Lipinski definition) is 0. The number of hydrogen-bond acceptors (Lipinski definition) is 1. The summed E-state index contributed by atoms with van der Waals surface area (Å²) >= 11 is 0. The second-order valence-corrected chi connectivity index (χ2v) is 10.0.